The van der Waals surface area contributed by atoms with E-state index in [9.17, 15) is 4.79 Å². The van der Waals surface area contributed by atoms with E-state index in [-0.39, 0.29) is 5.97 Å². The summed E-state index contributed by atoms with van der Waals surface area (Å²) in [6, 6.07) is 0. The van der Waals surface area contributed by atoms with Gasteiger partial charge in [-0.05, 0) is 25.7 Å². The van der Waals surface area contributed by atoms with Gasteiger partial charge in [0.1, 0.15) is 17.6 Å². The summed E-state index contributed by atoms with van der Waals surface area (Å²) in [5.41, 5.74) is -0.584. The highest BCUT2D eigenvalue weighted by Gasteiger charge is 2.46. The SMILES string of the molecule is CCOC(=O)C1(c2nncn2CC(C)C)CCCCC1. The standard InChI is InChI=1S/C15H25N3O2/c1-4-20-14(19)15(8-6-5-7-9-15)13-17-16-11-18(13)10-12(2)3/h11-12H,4-10H2,1-3H3. The van der Waals surface area contributed by atoms with Gasteiger partial charge in [-0.1, -0.05) is 33.1 Å². The molecule has 0 aliphatic heterocycles. The van der Waals surface area contributed by atoms with Gasteiger partial charge in [-0.2, -0.15) is 0 Å². The third-order valence-corrected chi connectivity index (χ3v) is 3.98. The maximum atomic E-state index is 12.6. The van der Waals surface area contributed by atoms with Gasteiger partial charge in [-0.25, -0.2) is 0 Å². The summed E-state index contributed by atoms with van der Waals surface area (Å²) in [5.74, 6) is 1.16. The Balaban J connectivity index is 2.36. The third-order valence-electron chi connectivity index (χ3n) is 3.98. The first-order valence-corrected chi connectivity index (χ1v) is 7.65. The summed E-state index contributed by atoms with van der Waals surface area (Å²) in [7, 11) is 0. The smallest absolute Gasteiger partial charge is 0.319 e. The molecule has 0 N–H and O–H groups in total. The second-order valence-corrected chi connectivity index (χ2v) is 6.06. The predicted octanol–water partition coefficient (Wildman–Crippen LogP) is 2.70. The molecule has 0 amide bonds. The van der Waals surface area contributed by atoms with Crippen molar-refractivity contribution in [2.75, 3.05) is 6.61 Å². The normalized spacial score (nSPS) is 18.2. The Morgan fingerprint density at radius 1 is 1.40 bits per heavy atom. The summed E-state index contributed by atoms with van der Waals surface area (Å²) in [5, 5.41) is 8.32. The number of rotatable bonds is 5. The lowest BCUT2D eigenvalue weighted by Crippen LogP contribution is -2.42. The zero-order chi connectivity index (χ0) is 14.6. The molecule has 0 aromatic carbocycles. The molecule has 1 aliphatic carbocycles. The molecular formula is C15H25N3O2. The molecule has 1 fully saturated rings. The minimum Gasteiger partial charge on any atom is -0.465 e. The van der Waals surface area contributed by atoms with Crippen LogP contribution in [-0.4, -0.2) is 27.3 Å². The van der Waals surface area contributed by atoms with E-state index in [1.54, 1.807) is 6.33 Å². The van der Waals surface area contributed by atoms with Crippen molar-refractivity contribution in [1.82, 2.24) is 14.8 Å². The number of aromatic nitrogens is 3. The van der Waals surface area contributed by atoms with Gasteiger partial charge in [0.2, 0.25) is 0 Å². The van der Waals surface area contributed by atoms with Gasteiger partial charge in [-0.3, -0.25) is 4.79 Å². The molecule has 0 radical (unpaired) electrons. The van der Waals surface area contributed by atoms with Crippen molar-refractivity contribution >= 4 is 5.97 Å². The molecule has 0 bridgehead atoms. The fraction of sp³-hybridized carbons (Fsp3) is 0.800. The molecule has 20 heavy (non-hydrogen) atoms. The van der Waals surface area contributed by atoms with Crippen LogP contribution in [0.2, 0.25) is 0 Å². The molecule has 1 saturated carbocycles. The van der Waals surface area contributed by atoms with Crippen molar-refractivity contribution in [3.8, 4) is 0 Å². The van der Waals surface area contributed by atoms with Gasteiger partial charge in [0, 0.05) is 6.54 Å². The first-order valence-electron chi connectivity index (χ1n) is 7.65. The van der Waals surface area contributed by atoms with E-state index in [1.165, 1.54) is 6.42 Å². The monoisotopic (exact) mass is 279 g/mol. The number of ether oxygens (including phenoxy) is 1. The fourth-order valence-electron chi connectivity index (χ4n) is 3.10. The van der Waals surface area contributed by atoms with Crippen LogP contribution in [0, 0.1) is 5.92 Å². The lowest BCUT2D eigenvalue weighted by atomic mass is 9.73. The second-order valence-electron chi connectivity index (χ2n) is 6.06. The number of hydrogen-bond donors (Lipinski definition) is 0. The summed E-state index contributed by atoms with van der Waals surface area (Å²) < 4.78 is 7.38. The quantitative estimate of drug-likeness (QED) is 0.778. The van der Waals surface area contributed by atoms with Gasteiger partial charge < -0.3 is 9.30 Å². The van der Waals surface area contributed by atoms with Gasteiger partial charge in [-0.15, -0.1) is 10.2 Å². The predicted molar refractivity (Wildman–Crippen MR) is 76.3 cm³/mol. The molecule has 112 valence electrons. The average Bonchev–Trinajstić information content (AvgIpc) is 2.87. The Labute approximate surface area is 120 Å². The Kier molecular flexibility index (Phi) is 4.78. The highest BCUT2D eigenvalue weighted by Crippen LogP contribution is 2.39. The van der Waals surface area contributed by atoms with E-state index in [1.807, 2.05) is 11.5 Å². The highest BCUT2D eigenvalue weighted by molar-refractivity contribution is 5.82. The Bertz CT molecular complexity index is 448. The van der Waals surface area contributed by atoms with Gasteiger partial charge in [0.25, 0.3) is 0 Å². The molecule has 1 heterocycles. The van der Waals surface area contributed by atoms with Crippen molar-refractivity contribution in [1.29, 1.82) is 0 Å². The molecule has 5 heteroatoms. The lowest BCUT2D eigenvalue weighted by Gasteiger charge is -2.34. The van der Waals surface area contributed by atoms with E-state index < -0.39 is 5.41 Å². The zero-order valence-corrected chi connectivity index (χ0v) is 12.8. The fourth-order valence-corrected chi connectivity index (χ4v) is 3.10. The Morgan fingerprint density at radius 3 is 2.70 bits per heavy atom. The van der Waals surface area contributed by atoms with Crippen LogP contribution in [0.1, 0.15) is 58.7 Å². The van der Waals surface area contributed by atoms with Crippen molar-refractivity contribution in [2.24, 2.45) is 5.92 Å². The molecular weight excluding hydrogens is 254 g/mol. The second kappa shape index (κ2) is 6.37. The zero-order valence-electron chi connectivity index (χ0n) is 12.8. The number of carbonyl (C=O) groups excluding carboxylic acids is 1. The van der Waals surface area contributed by atoms with Crippen molar-refractivity contribution < 1.29 is 9.53 Å². The first-order chi connectivity index (χ1) is 9.60. The van der Waals surface area contributed by atoms with Gasteiger partial charge in [0.05, 0.1) is 6.61 Å². The molecule has 5 nitrogen and oxygen atoms in total. The summed E-state index contributed by atoms with van der Waals surface area (Å²) in [6.45, 7) is 7.42. The number of nitrogens with zero attached hydrogens (tertiary/aromatic N) is 3. The average molecular weight is 279 g/mol. The number of hydrogen-bond acceptors (Lipinski definition) is 4. The van der Waals surface area contributed by atoms with E-state index in [4.69, 9.17) is 4.74 Å². The number of carbonyl (C=O) groups is 1. The minimum atomic E-state index is -0.584. The summed E-state index contributed by atoms with van der Waals surface area (Å²) >= 11 is 0. The van der Waals surface area contributed by atoms with Gasteiger partial charge in [0.15, 0.2) is 0 Å². The maximum absolute atomic E-state index is 12.6. The van der Waals surface area contributed by atoms with Crippen molar-refractivity contribution in [2.45, 2.75) is 64.8 Å². The summed E-state index contributed by atoms with van der Waals surface area (Å²) in [4.78, 5) is 12.6. The third kappa shape index (κ3) is 2.86. The molecule has 0 spiro atoms. The molecule has 0 atom stereocenters. The Morgan fingerprint density at radius 2 is 2.10 bits per heavy atom. The molecule has 1 aliphatic rings. The Hall–Kier alpha value is -1.39. The molecule has 1 aromatic rings. The van der Waals surface area contributed by atoms with E-state index in [0.717, 1.165) is 38.1 Å². The topological polar surface area (TPSA) is 57.0 Å². The van der Waals surface area contributed by atoms with Crippen LogP contribution in [0.15, 0.2) is 6.33 Å². The van der Waals surface area contributed by atoms with Crippen LogP contribution in [0.4, 0.5) is 0 Å². The molecule has 0 saturated heterocycles. The van der Waals surface area contributed by atoms with Crippen LogP contribution >= 0.6 is 0 Å². The van der Waals surface area contributed by atoms with Crippen molar-refractivity contribution in [3.05, 3.63) is 12.2 Å². The van der Waals surface area contributed by atoms with Crippen LogP contribution in [0.3, 0.4) is 0 Å². The molecule has 1 aromatic heterocycles. The lowest BCUT2D eigenvalue weighted by molar-refractivity contribution is -0.152. The first kappa shape index (κ1) is 15.0. The largest absolute Gasteiger partial charge is 0.465 e. The molecule has 2 rings (SSSR count). The minimum absolute atomic E-state index is 0.127. The molecule has 0 unspecified atom stereocenters. The van der Waals surface area contributed by atoms with E-state index in [2.05, 4.69) is 24.0 Å². The van der Waals surface area contributed by atoms with Crippen LogP contribution in [-0.2, 0) is 21.5 Å². The van der Waals surface area contributed by atoms with Crippen molar-refractivity contribution in [3.63, 3.8) is 0 Å². The number of esters is 1. The van der Waals surface area contributed by atoms with Crippen LogP contribution in [0.5, 0.6) is 0 Å². The highest BCUT2D eigenvalue weighted by atomic mass is 16.5. The van der Waals surface area contributed by atoms with Crippen LogP contribution in [0.25, 0.3) is 0 Å². The van der Waals surface area contributed by atoms with E-state index in [0.29, 0.717) is 12.5 Å². The summed E-state index contributed by atoms with van der Waals surface area (Å²) in [6.07, 6.45) is 6.66. The van der Waals surface area contributed by atoms with Crippen LogP contribution < -0.4 is 0 Å². The van der Waals surface area contributed by atoms with E-state index >= 15 is 0 Å². The maximum Gasteiger partial charge on any atom is 0.319 e. The van der Waals surface area contributed by atoms with Gasteiger partial charge >= 0.3 is 5.97 Å².